The summed E-state index contributed by atoms with van der Waals surface area (Å²) < 4.78 is 18.5. The van der Waals surface area contributed by atoms with Gasteiger partial charge in [0.2, 0.25) is 5.91 Å². The number of likely N-dealkylation sites (tertiary alicyclic amines) is 1. The number of hydrogen-bond acceptors (Lipinski definition) is 5. The van der Waals surface area contributed by atoms with E-state index in [2.05, 4.69) is 4.90 Å². The van der Waals surface area contributed by atoms with Crippen LogP contribution in [0.3, 0.4) is 0 Å². The molecule has 0 radical (unpaired) electrons. The second-order valence-corrected chi connectivity index (χ2v) is 9.77. The third-order valence-corrected chi connectivity index (χ3v) is 7.33. The highest BCUT2D eigenvalue weighted by Gasteiger charge is 2.27. The third-order valence-electron chi connectivity index (χ3n) is 7.33. The van der Waals surface area contributed by atoms with Crippen LogP contribution in [0, 0.1) is 11.7 Å². The third kappa shape index (κ3) is 6.89. The number of methoxy groups -OCH3 is 1. The number of carbonyl (C=O) groups is 3. The molecule has 1 aliphatic heterocycles. The van der Waals surface area contributed by atoms with Gasteiger partial charge in [0, 0.05) is 55.5 Å². The molecule has 1 heterocycles. The zero-order valence-corrected chi connectivity index (χ0v) is 22.6. The molecule has 0 atom stereocenters. The van der Waals surface area contributed by atoms with Gasteiger partial charge in [-0.25, -0.2) is 4.39 Å². The summed E-state index contributed by atoms with van der Waals surface area (Å²) >= 11 is 0. The highest BCUT2D eigenvalue weighted by atomic mass is 19.1. The van der Waals surface area contributed by atoms with Gasteiger partial charge in [-0.15, -0.1) is 0 Å². The number of ether oxygens (including phenoxy) is 1. The molecule has 2 amide bonds. The molecule has 39 heavy (non-hydrogen) atoms. The van der Waals surface area contributed by atoms with Crippen LogP contribution in [0.4, 0.5) is 15.8 Å². The van der Waals surface area contributed by atoms with Gasteiger partial charge in [0.05, 0.1) is 7.11 Å². The maximum Gasteiger partial charge on any atom is 0.258 e. The van der Waals surface area contributed by atoms with E-state index in [0.717, 1.165) is 31.6 Å². The van der Waals surface area contributed by atoms with Crippen LogP contribution in [0.5, 0.6) is 5.75 Å². The van der Waals surface area contributed by atoms with Crippen molar-refractivity contribution in [2.45, 2.75) is 19.8 Å². The number of hydrogen-bond donors (Lipinski definition) is 0. The molecular weight excluding hydrogens is 497 g/mol. The van der Waals surface area contributed by atoms with E-state index in [0.29, 0.717) is 35.7 Å². The van der Waals surface area contributed by atoms with Crippen LogP contribution >= 0.6 is 0 Å². The molecule has 0 N–H and O–H groups in total. The Balaban J connectivity index is 1.43. The number of anilines is 2. The minimum absolute atomic E-state index is 0.0588. The first-order chi connectivity index (χ1) is 18.8. The van der Waals surface area contributed by atoms with E-state index in [9.17, 15) is 18.8 Å². The van der Waals surface area contributed by atoms with E-state index in [-0.39, 0.29) is 29.3 Å². The number of halogens is 1. The van der Waals surface area contributed by atoms with Gasteiger partial charge in [0.15, 0.2) is 5.78 Å². The summed E-state index contributed by atoms with van der Waals surface area (Å²) in [6, 6.07) is 20.1. The molecule has 4 rings (SSSR count). The molecule has 0 aliphatic carbocycles. The van der Waals surface area contributed by atoms with Crippen molar-refractivity contribution in [3.63, 3.8) is 0 Å². The Hall–Kier alpha value is -4.04. The summed E-state index contributed by atoms with van der Waals surface area (Å²) in [5, 5.41) is 0. The van der Waals surface area contributed by atoms with Crippen molar-refractivity contribution in [1.82, 2.24) is 4.90 Å². The van der Waals surface area contributed by atoms with Gasteiger partial charge in [0.1, 0.15) is 11.6 Å². The fraction of sp³-hybridized carbons (Fsp3) is 0.323. The highest BCUT2D eigenvalue weighted by molar-refractivity contribution is 6.06. The predicted molar refractivity (Wildman–Crippen MR) is 150 cm³/mol. The second kappa shape index (κ2) is 12.7. The van der Waals surface area contributed by atoms with Crippen LogP contribution in [-0.4, -0.2) is 62.8 Å². The Kier molecular flexibility index (Phi) is 9.09. The van der Waals surface area contributed by atoms with Gasteiger partial charge < -0.3 is 19.4 Å². The van der Waals surface area contributed by atoms with Crippen molar-refractivity contribution in [1.29, 1.82) is 0 Å². The molecule has 7 nitrogen and oxygen atoms in total. The minimum Gasteiger partial charge on any atom is -0.497 e. The zero-order chi connectivity index (χ0) is 27.9. The average Bonchev–Trinajstić information content (AvgIpc) is 2.97. The van der Waals surface area contributed by atoms with Crippen molar-refractivity contribution in [3.05, 3.63) is 89.7 Å². The lowest BCUT2D eigenvalue weighted by Gasteiger charge is -2.33. The maximum atomic E-state index is 13.6. The van der Waals surface area contributed by atoms with Crippen molar-refractivity contribution < 1.29 is 23.5 Å². The number of amides is 2. The first-order valence-electron chi connectivity index (χ1n) is 13.1. The lowest BCUT2D eigenvalue weighted by atomic mass is 9.89. The Bertz CT molecular complexity index is 1280. The molecule has 204 valence electrons. The number of nitrogens with zero attached hydrogens (tertiary/aromatic N) is 3. The van der Waals surface area contributed by atoms with Crippen molar-refractivity contribution in [3.8, 4) is 5.75 Å². The summed E-state index contributed by atoms with van der Waals surface area (Å²) in [6.07, 6.45) is 1.44. The van der Waals surface area contributed by atoms with Gasteiger partial charge in [0.25, 0.3) is 5.91 Å². The number of rotatable bonds is 9. The Morgan fingerprint density at radius 2 is 1.44 bits per heavy atom. The molecule has 3 aromatic carbocycles. The second-order valence-electron chi connectivity index (χ2n) is 9.77. The van der Waals surface area contributed by atoms with E-state index in [1.807, 2.05) is 24.3 Å². The molecule has 1 fully saturated rings. The smallest absolute Gasteiger partial charge is 0.258 e. The quantitative estimate of drug-likeness (QED) is 0.361. The SMILES string of the molecule is COc1ccc(N(CCN2CCC(C(=O)c3ccc(F)cc3)CC2)C(=O)c2ccc(N(C)C(C)=O)cc2)cc1. The maximum absolute atomic E-state index is 13.6. The van der Waals surface area contributed by atoms with Crippen LogP contribution in [-0.2, 0) is 4.79 Å². The van der Waals surface area contributed by atoms with Crippen molar-refractivity contribution in [2.24, 2.45) is 5.92 Å². The average molecular weight is 532 g/mol. The Labute approximate surface area is 228 Å². The summed E-state index contributed by atoms with van der Waals surface area (Å²) in [7, 11) is 3.29. The largest absolute Gasteiger partial charge is 0.497 e. The lowest BCUT2D eigenvalue weighted by molar-refractivity contribution is -0.116. The van der Waals surface area contributed by atoms with Gasteiger partial charge in [-0.05, 0) is 98.7 Å². The van der Waals surface area contributed by atoms with Crippen LogP contribution < -0.4 is 14.5 Å². The lowest BCUT2D eigenvalue weighted by Crippen LogP contribution is -2.42. The molecule has 0 spiro atoms. The fourth-order valence-corrected chi connectivity index (χ4v) is 4.79. The van der Waals surface area contributed by atoms with Gasteiger partial charge in [-0.3, -0.25) is 14.4 Å². The number of piperidine rings is 1. The predicted octanol–water partition coefficient (Wildman–Crippen LogP) is 5.06. The molecule has 8 heteroatoms. The number of carbonyl (C=O) groups excluding carboxylic acids is 3. The molecule has 3 aromatic rings. The highest BCUT2D eigenvalue weighted by Crippen LogP contribution is 2.25. The molecule has 1 aliphatic rings. The van der Waals surface area contributed by atoms with Gasteiger partial charge in [-0.2, -0.15) is 0 Å². The van der Waals surface area contributed by atoms with E-state index in [1.165, 1.54) is 24.0 Å². The van der Waals surface area contributed by atoms with E-state index < -0.39 is 0 Å². The minimum atomic E-state index is -0.350. The Morgan fingerprint density at radius 1 is 0.872 bits per heavy atom. The zero-order valence-electron chi connectivity index (χ0n) is 22.6. The van der Waals surface area contributed by atoms with Gasteiger partial charge in [-0.1, -0.05) is 0 Å². The Morgan fingerprint density at radius 3 is 2.00 bits per heavy atom. The van der Waals surface area contributed by atoms with Crippen LogP contribution in [0.1, 0.15) is 40.5 Å². The van der Waals surface area contributed by atoms with Gasteiger partial charge >= 0.3 is 0 Å². The summed E-state index contributed by atoms with van der Waals surface area (Å²) in [5.41, 5.74) is 2.54. The van der Waals surface area contributed by atoms with E-state index in [4.69, 9.17) is 4.74 Å². The molecule has 0 unspecified atom stereocenters. The fourth-order valence-electron chi connectivity index (χ4n) is 4.79. The molecule has 1 saturated heterocycles. The first kappa shape index (κ1) is 28.0. The first-order valence-corrected chi connectivity index (χ1v) is 13.1. The summed E-state index contributed by atoms with van der Waals surface area (Å²) in [5.74, 6) is 0.101. The van der Waals surface area contributed by atoms with Crippen LogP contribution in [0.15, 0.2) is 72.8 Å². The molecular formula is C31H34FN3O4. The summed E-state index contributed by atoms with van der Waals surface area (Å²) in [4.78, 5) is 43.7. The molecule has 0 saturated carbocycles. The monoisotopic (exact) mass is 531 g/mol. The summed E-state index contributed by atoms with van der Waals surface area (Å²) in [6.45, 7) is 4.10. The molecule has 0 aromatic heterocycles. The standard InChI is InChI=1S/C31H34FN3O4/c1-22(36)33(2)27-10-6-25(7-11-27)31(38)35(28-12-14-29(39-3)15-13-28)21-20-34-18-16-24(17-19-34)30(37)23-4-8-26(32)9-5-23/h4-15,24H,16-21H2,1-3H3. The number of benzene rings is 3. The van der Waals surface area contributed by atoms with Crippen LogP contribution in [0.25, 0.3) is 0 Å². The van der Waals surface area contributed by atoms with E-state index >= 15 is 0 Å². The number of Topliss-reactive ketones (excluding diaryl/α,β-unsaturated/α-hetero) is 1. The topological polar surface area (TPSA) is 70.2 Å². The van der Waals surface area contributed by atoms with Crippen molar-refractivity contribution in [2.75, 3.05) is 50.1 Å². The van der Waals surface area contributed by atoms with Crippen molar-refractivity contribution >= 4 is 29.0 Å². The number of ketones is 1. The van der Waals surface area contributed by atoms with E-state index in [1.54, 1.807) is 55.5 Å². The van der Waals surface area contributed by atoms with Crippen LogP contribution in [0.2, 0.25) is 0 Å². The normalized spacial score (nSPS) is 14.1. The molecule has 0 bridgehead atoms.